The van der Waals surface area contributed by atoms with Gasteiger partial charge in [-0.3, -0.25) is 0 Å². The zero-order valence-corrected chi connectivity index (χ0v) is 11.7. The Bertz CT molecular complexity index is 610. The first kappa shape index (κ1) is 12.9. The van der Waals surface area contributed by atoms with E-state index in [9.17, 15) is 0 Å². The topological polar surface area (TPSA) is 47.3 Å². The highest BCUT2D eigenvalue weighted by Gasteiger charge is 2.20. The van der Waals surface area contributed by atoms with Crippen molar-refractivity contribution in [1.82, 2.24) is 0 Å². The Hall–Kier alpha value is -2.16. The lowest BCUT2D eigenvalue weighted by molar-refractivity contribution is 0.417. The Morgan fingerprint density at radius 3 is 2.85 bits per heavy atom. The summed E-state index contributed by atoms with van der Waals surface area (Å²) in [6.45, 7) is 0. The summed E-state index contributed by atoms with van der Waals surface area (Å²) in [5.41, 5.74) is 10.6. The van der Waals surface area contributed by atoms with E-state index >= 15 is 0 Å². The second-order valence-electron chi connectivity index (χ2n) is 5.21. The molecule has 0 saturated carbocycles. The molecule has 0 spiro atoms. The van der Waals surface area contributed by atoms with Crippen LogP contribution in [0, 0.1) is 0 Å². The maximum Gasteiger partial charge on any atom is 0.143 e. The third-order valence-corrected chi connectivity index (χ3v) is 3.99. The molecule has 0 aromatic heterocycles. The second kappa shape index (κ2) is 5.45. The molecule has 3 heteroatoms. The molecule has 0 amide bonds. The van der Waals surface area contributed by atoms with Crippen LogP contribution in [0.5, 0.6) is 5.75 Å². The van der Waals surface area contributed by atoms with Crippen LogP contribution in [0.2, 0.25) is 0 Å². The van der Waals surface area contributed by atoms with Gasteiger partial charge in [-0.05, 0) is 42.5 Å². The van der Waals surface area contributed by atoms with Crippen LogP contribution >= 0.6 is 0 Å². The minimum Gasteiger partial charge on any atom is -0.495 e. The molecule has 2 aromatic rings. The van der Waals surface area contributed by atoms with Crippen molar-refractivity contribution < 1.29 is 4.74 Å². The van der Waals surface area contributed by atoms with E-state index in [1.807, 2.05) is 18.2 Å². The first-order chi connectivity index (χ1) is 9.79. The first-order valence-corrected chi connectivity index (χ1v) is 7.06. The van der Waals surface area contributed by atoms with Gasteiger partial charge in [0.25, 0.3) is 0 Å². The number of fused-ring (bicyclic) bond motifs is 1. The molecule has 0 radical (unpaired) electrons. The molecule has 3 rings (SSSR count). The Kier molecular flexibility index (Phi) is 3.50. The highest BCUT2D eigenvalue weighted by Crippen LogP contribution is 2.36. The largest absolute Gasteiger partial charge is 0.495 e. The summed E-state index contributed by atoms with van der Waals surface area (Å²) in [5.74, 6) is 0.721. The number of benzene rings is 2. The standard InChI is InChI=1S/C17H20N2O/c1-20-16-11-5-10-15(17(16)18)19-14-9-4-7-12-6-2-3-8-13(12)14/h2-3,5-6,8,10-11,14,19H,4,7,9,18H2,1H3. The van der Waals surface area contributed by atoms with Gasteiger partial charge in [-0.25, -0.2) is 0 Å². The first-order valence-electron chi connectivity index (χ1n) is 7.06. The molecular formula is C17H20N2O. The molecule has 0 saturated heterocycles. The Morgan fingerprint density at radius 1 is 1.15 bits per heavy atom. The van der Waals surface area contributed by atoms with Gasteiger partial charge >= 0.3 is 0 Å². The molecule has 1 aliphatic rings. The van der Waals surface area contributed by atoms with Crippen molar-refractivity contribution in [3.8, 4) is 5.75 Å². The minimum absolute atomic E-state index is 0.328. The quantitative estimate of drug-likeness (QED) is 0.833. The van der Waals surface area contributed by atoms with Crippen LogP contribution in [0.1, 0.15) is 30.0 Å². The van der Waals surface area contributed by atoms with E-state index in [0.717, 1.165) is 17.9 Å². The Morgan fingerprint density at radius 2 is 2.00 bits per heavy atom. The van der Waals surface area contributed by atoms with E-state index in [0.29, 0.717) is 11.7 Å². The average Bonchev–Trinajstić information content (AvgIpc) is 2.50. The maximum absolute atomic E-state index is 6.14. The van der Waals surface area contributed by atoms with Gasteiger partial charge in [-0.1, -0.05) is 30.3 Å². The SMILES string of the molecule is COc1cccc(NC2CCCc3ccccc32)c1N. The van der Waals surface area contributed by atoms with Gasteiger partial charge in [-0.2, -0.15) is 0 Å². The molecule has 20 heavy (non-hydrogen) atoms. The van der Waals surface area contributed by atoms with Crippen LogP contribution < -0.4 is 15.8 Å². The van der Waals surface area contributed by atoms with Gasteiger partial charge in [0, 0.05) is 0 Å². The van der Waals surface area contributed by atoms with Gasteiger partial charge in [0.15, 0.2) is 0 Å². The molecule has 0 bridgehead atoms. The summed E-state index contributed by atoms with van der Waals surface area (Å²) < 4.78 is 5.28. The fourth-order valence-corrected chi connectivity index (χ4v) is 2.94. The molecule has 0 aliphatic heterocycles. The number of nitrogens with two attached hydrogens (primary N) is 1. The molecule has 0 fully saturated rings. The van der Waals surface area contributed by atoms with Crippen LogP contribution in [-0.2, 0) is 6.42 Å². The molecular weight excluding hydrogens is 248 g/mol. The summed E-state index contributed by atoms with van der Waals surface area (Å²) in [7, 11) is 1.64. The highest BCUT2D eigenvalue weighted by molar-refractivity contribution is 5.73. The smallest absolute Gasteiger partial charge is 0.143 e. The van der Waals surface area contributed by atoms with Crippen molar-refractivity contribution >= 4 is 11.4 Å². The van der Waals surface area contributed by atoms with Crippen LogP contribution in [0.4, 0.5) is 11.4 Å². The maximum atomic E-state index is 6.14. The predicted molar refractivity (Wildman–Crippen MR) is 83.2 cm³/mol. The number of aryl methyl sites for hydroxylation is 1. The van der Waals surface area contributed by atoms with E-state index in [1.165, 1.54) is 24.0 Å². The van der Waals surface area contributed by atoms with Gasteiger partial charge in [0.05, 0.1) is 24.5 Å². The summed E-state index contributed by atoms with van der Waals surface area (Å²) in [6, 6.07) is 14.8. The molecule has 1 aliphatic carbocycles. The zero-order valence-electron chi connectivity index (χ0n) is 11.7. The van der Waals surface area contributed by atoms with Crippen molar-refractivity contribution in [2.45, 2.75) is 25.3 Å². The fourth-order valence-electron chi connectivity index (χ4n) is 2.94. The summed E-state index contributed by atoms with van der Waals surface area (Å²) in [5, 5.41) is 3.58. The summed E-state index contributed by atoms with van der Waals surface area (Å²) in [6.07, 6.45) is 3.51. The zero-order chi connectivity index (χ0) is 13.9. The Labute approximate surface area is 119 Å². The minimum atomic E-state index is 0.328. The summed E-state index contributed by atoms with van der Waals surface area (Å²) in [4.78, 5) is 0. The van der Waals surface area contributed by atoms with Crippen molar-refractivity contribution in [2.75, 3.05) is 18.2 Å². The van der Waals surface area contributed by atoms with E-state index in [4.69, 9.17) is 10.5 Å². The van der Waals surface area contributed by atoms with Gasteiger partial charge in [0.1, 0.15) is 5.75 Å². The lowest BCUT2D eigenvalue weighted by atomic mass is 9.87. The van der Waals surface area contributed by atoms with E-state index in [1.54, 1.807) is 7.11 Å². The number of para-hydroxylation sites is 1. The molecule has 1 atom stereocenters. The fraction of sp³-hybridized carbons (Fsp3) is 0.294. The third-order valence-electron chi connectivity index (χ3n) is 3.99. The second-order valence-corrected chi connectivity index (χ2v) is 5.21. The Balaban J connectivity index is 1.90. The van der Waals surface area contributed by atoms with Crippen molar-refractivity contribution in [3.63, 3.8) is 0 Å². The van der Waals surface area contributed by atoms with Crippen LogP contribution in [0.25, 0.3) is 0 Å². The number of nitrogens with one attached hydrogen (secondary N) is 1. The average molecular weight is 268 g/mol. The van der Waals surface area contributed by atoms with Gasteiger partial charge in [-0.15, -0.1) is 0 Å². The molecule has 3 N–H and O–H groups in total. The van der Waals surface area contributed by atoms with Crippen molar-refractivity contribution in [2.24, 2.45) is 0 Å². The number of nitrogen functional groups attached to an aromatic ring is 1. The lowest BCUT2D eigenvalue weighted by Crippen LogP contribution is -2.18. The highest BCUT2D eigenvalue weighted by atomic mass is 16.5. The van der Waals surface area contributed by atoms with Crippen LogP contribution in [-0.4, -0.2) is 7.11 Å². The molecule has 2 aromatic carbocycles. The van der Waals surface area contributed by atoms with Crippen molar-refractivity contribution in [1.29, 1.82) is 0 Å². The molecule has 104 valence electrons. The van der Waals surface area contributed by atoms with Crippen LogP contribution in [0.3, 0.4) is 0 Å². The number of methoxy groups -OCH3 is 1. The normalized spacial score (nSPS) is 17.4. The molecule has 0 heterocycles. The van der Waals surface area contributed by atoms with E-state index in [2.05, 4.69) is 29.6 Å². The molecule has 1 unspecified atom stereocenters. The number of hydrogen-bond donors (Lipinski definition) is 2. The third kappa shape index (κ3) is 2.31. The van der Waals surface area contributed by atoms with Crippen LogP contribution in [0.15, 0.2) is 42.5 Å². The number of anilines is 2. The lowest BCUT2D eigenvalue weighted by Gasteiger charge is -2.28. The summed E-state index contributed by atoms with van der Waals surface area (Å²) >= 11 is 0. The number of ether oxygens (including phenoxy) is 1. The van der Waals surface area contributed by atoms with Gasteiger partial charge < -0.3 is 15.8 Å². The van der Waals surface area contributed by atoms with Crippen molar-refractivity contribution in [3.05, 3.63) is 53.6 Å². The number of rotatable bonds is 3. The van der Waals surface area contributed by atoms with Gasteiger partial charge in [0.2, 0.25) is 0 Å². The predicted octanol–water partition coefficient (Wildman–Crippen LogP) is 3.77. The molecule has 3 nitrogen and oxygen atoms in total. The van der Waals surface area contributed by atoms with E-state index in [-0.39, 0.29) is 0 Å². The van der Waals surface area contributed by atoms with E-state index < -0.39 is 0 Å². The monoisotopic (exact) mass is 268 g/mol. The number of hydrogen-bond acceptors (Lipinski definition) is 3.